The normalized spacial score (nSPS) is 35.5. The minimum Gasteiger partial charge on any atom is -0.379 e. The van der Waals surface area contributed by atoms with E-state index in [9.17, 15) is 0 Å². The molecule has 3 fully saturated rings. The van der Waals surface area contributed by atoms with Crippen LogP contribution in [0.15, 0.2) is 4.99 Å². The Morgan fingerprint density at radius 3 is 2.76 bits per heavy atom. The Morgan fingerprint density at radius 2 is 1.95 bits per heavy atom. The molecule has 3 saturated heterocycles. The predicted molar refractivity (Wildman–Crippen MR) is 81.9 cm³/mol. The summed E-state index contributed by atoms with van der Waals surface area (Å²) in [5.74, 6) is -0.294. The van der Waals surface area contributed by atoms with E-state index in [2.05, 4.69) is 9.89 Å². The van der Waals surface area contributed by atoms with Gasteiger partial charge in [-0.05, 0) is 25.7 Å². The zero-order valence-electron chi connectivity index (χ0n) is 13.0. The van der Waals surface area contributed by atoms with Crippen molar-refractivity contribution in [2.75, 3.05) is 46.0 Å². The molecule has 3 rings (SSSR count). The number of rotatable bonds is 4. The Balaban J connectivity index is 1.40. The highest BCUT2D eigenvalue weighted by atomic mass is 16.7. The molecule has 3 aliphatic heterocycles. The summed E-state index contributed by atoms with van der Waals surface area (Å²) in [5.41, 5.74) is 0. The van der Waals surface area contributed by atoms with Crippen molar-refractivity contribution >= 4 is 6.21 Å². The third kappa shape index (κ3) is 4.49. The van der Waals surface area contributed by atoms with Crippen LogP contribution < -0.4 is 0 Å². The fourth-order valence-electron chi connectivity index (χ4n) is 3.40. The number of hydrogen-bond donors (Lipinski definition) is 0. The van der Waals surface area contributed by atoms with Crippen molar-refractivity contribution in [3.8, 4) is 0 Å². The van der Waals surface area contributed by atoms with Gasteiger partial charge in [0.15, 0.2) is 5.79 Å². The van der Waals surface area contributed by atoms with Gasteiger partial charge in [0.1, 0.15) is 0 Å². The summed E-state index contributed by atoms with van der Waals surface area (Å²) < 4.78 is 17.5. The van der Waals surface area contributed by atoms with Gasteiger partial charge in [-0.3, -0.25) is 9.89 Å². The van der Waals surface area contributed by atoms with E-state index in [1.165, 1.54) is 19.3 Å². The van der Waals surface area contributed by atoms with Crippen LogP contribution in [0.2, 0.25) is 0 Å². The van der Waals surface area contributed by atoms with E-state index >= 15 is 0 Å². The molecule has 0 aromatic carbocycles. The van der Waals surface area contributed by atoms with Gasteiger partial charge in [-0.2, -0.15) is 0 Å². The van der Waals surface area contributed by atoms with Crippen LogP contribution in [0.25, 0.3) is 0 Å². The second-order valence-electron chi connectivity index (χ2n) is 6.27. The SMILES string of the molecule is C(=NCCN1CCOCC1)[C@@H]1CCC[C@]2(CCCCO2)O1. The van der Waals surface area contributed by atoms with E-state index in [1.807, 2.05) is 6.21 Å². The maximum absolute atomic E-state index is 6.20. The molecule has 0 amide bonds. The Kier molecular flexibility index (Phi) is 5.63. The van der Waals surface area contributed by atoms with Crippen LogP contribution in [0.3, 0.4) is 0 Å². The highest BCUT2D eigenvalue weighted by Crippen LogP contribution is 2.36. The van der Waals surface area contributed by atoms with Crippen LogP contribution in [0.4, 0.5) is 0 Å². The molecule has 3 aliphatic rings. The van der Waals surface area contributed by atoms with Gasteiger partial charge in [0.2, 0.25) is 0 Å². The molecule has 3 heterocycles. The van der Waals surface area contributed by atoms with Crippen molar-refractivity contribution in [3.63, 3.8) is 0 Å². The lowest BCUT2D eigenvalue weighted by Crippen LogP contribution is -2.45. The van der Waals surface area contributed by atoms with E-state index < -0.39 is 0 Å². The van der Waals surface area contributed by atoms with Crippen molar-refractivity contribution < 1.29 is 14.2 Å². The predicted octanol–water partition coefficient (Wildman–Crippen LogP) is 1.86. The Labute approximate surface area is 127 Å². The maximum atomic E-state index is 6.20. The van der Waals surface area contributed by atoms with Gasteiger partial charge in [0.05, 0.1) is 32.5 Å². The summed E-state index contributed by atoms with van der Waals surface area (Å²) in [7, 11) is 0. The molecule has 0 aliphatic carbocycles. The van der Waals surface area contributed by atoms with E-state index in [0.717, 1.165) is 65.3 Å². The summed E-state index contributed by atoms with van der Waals surface area (Å²) in [6.45, 7) is 6.51. The molecule has 5 heteroatoms. The standard InChI is InChI=1S/C16H28N2O3/c1-2-11-20-16(5-1)6-3-4-15(21-16)14-17-7-8-18-9-12-19-13-10-18/h14-15H,1-13H2/t15-,16-/m0/s1. The monoisotopic (exact) mass is 296 g/mol. The number of ether oxygens (including phenoxy) is 3. The Bertz CT molecular complexity index is 331. The molecular formula is C16H28N2O3. The topological polar surface area (TPSA) is 43.3 Å². The maximum Gasteiger partial charge on any atom is 0.169 e. The van der Waals surface area contributed by atoms with Crippen molar-refractivity contribution in [1.29, 1.82) is 0 Å². The third-order valence-electron chi connectivity index (χ3n) is 4.65. The lowest BCUT2D eigenvalue weighted by atomic mass is 9.95. The zero-order valence-corrected chi connectivity index (χ0v) is 13.0. The van der Waals surface area contributed by atoms with Crippen LogP contribution in [0.5, 0.6) is 0 Å². The Morgan fingerprint density at radius 1 is 1.10 bits per heavy atom. The van der Waals surface area contributed by atoms with Crippen molar-refractivity contribution in [3.05, 3.63) is 0 Å². The van der Waals surface area contributed by atoms with Gasteiger partial charge < -0.3 is 14.2 Å². The molecule has 5 nitrogen and oxygen atoms in total. The lowest BCUT2D eigenvalue weighted by Gasteiger charge is -2.42. The summed E-state index contributed by atoms with van der Waals surface area (Å²) in [5, 5.41) is 0. The number of hydrogen-bond acceptors (Lipinski definition) is 5. The highest BCUT2D eigenvalue weighted by Gasteiger charge is 2.39. The van der Waals surface area contributed by atoms with Gasteiger partial charge in [0, 0.05) is 38.7 Å². The average Bonchev–Trinajstić information content (AvgIpc) is 2.54. The van der Waals surface area contributed by atoms with E-state index in [-0.39, 0.29) is 11.9 Å². The fourth-order valence-corrected chi connectivity index (χ4v) is 3.40. The van der Waals surface area contributed by atoms with Gasteiger partial charge in [-0.15, -0.1) is 0 Å². The molecule has 0 aromatic rings. The fraction of sp³-hybridized carbons (Fsp3) is 0.938. The number of nitrogens with zero attached hydrogens (tertiary/aromatic N) is 2. The van der Waals surface area contributed by atoms with Crippen molar-refractivity contribution in [2.45, 2.75) is 50.4 Å². The second-order valence-corrected chi connectivity index (χ2v) is 6.27. The van der Waals surface area contributed by atoms with Gasteiger partial charge in [-0.25, -0.2) is 0 Å². The van der Waals surface area contributed by atoms with E-state index in [4.69, 9.17) is 14.2 Å². The second kappa shape index (κ2) is 7.68. The summed E-state index contributed by atoms with van der Waals surface area (Å²) in [4.78, 5) is 6.99. The van der Waals surface area contributed by atoms with Crippen LogP contribution in [0, 0.1) is 0 Å². The first-order valence-electron chi connectivity index (χ1n) is 8.48. The summed E-state index contributed by atoms with van der Waals surface area (Å²) >= 11 is 0. The highest BCUT2D eigenvalue weighted by molar-refractivity contribution is 5.63. The first-order valence-corrected chi connectivity index (χ1v) is 8.48. The van der Waals surface area contributed by atoms with Crippen LogP contribution in [-0.4, -0.2) is 69.0 Å². The van der Waals surface area contributed by atoms with Gasteiger partial charge in [0.25, 0.3) is 0 Å². The van der Waals surface area contributed by atoms with Crippen LogP contribution >= 0.6 is 0 Å². The molecule has 120 valence electrons. The first kappa shape index (κ1) is 15.4. The minimum absolute atomic E-state index is 0.140. The number of aliphatic imine (C=N–C) groups is 1. The van der Waals surface area contributed by atoms with Crippen molar-refractivity contribution in [2.24, 2.45) is 4.99 Å². The average molecular weight is 296 g/mol. The summed E-state index contributed by atoms with van der Waals surface area (Å²) in [6, 6.07) is 0. The molecule has 0 bridgehead atoms. The largest absolute Gasteiger partial charge is 0.379 e. The van der Waals surface area contributed by atoms with E-state index in [1.54, 1.807) is 0 Å². The lowest BCUT2D eigenvalue weighted by molar-refractivity contribution is -0.282. The van der Waals surface area contributed by atoms with Gasteiger partial charge in [-0.1, -0.05) is 0 Å². The molecule has 0 unspecified atom stereocenters. The molecule has 21 heavy (non-hydrogen) atoms. The molecule has 1 spiro atoms. The molecular weight excluding hydrogens is 268 g/mol. The molecule has 2 atom stereocenters. The molecule has 0 saturated carbocycles. The zero-order chi connectivity index (χ0) is 14.4. The van der Waals surface area contributed by atoms with E-state index in [0.29, 0.717) is 0 Å². The summed E-state index contributed by atoms with van der Waals surface area (Å²) in [6.07, 6.45) is 8.90. The van der Waals surface area contributed by atoms with Crippen LogP contribution in [-0.2, 0) is 14.2 Å². The van der Waals surface area contributed by atoms with Gasteiger partial charge >= 0.3 is 0 Å². The molecule has 0 N–H and O–H groups in total. The quantitative estimate of drug-likeness (QED) is 0.743. The minimum atomic E-state index is -0.294. The third-order valence-corrected chi connectivity index (χ3v) is 4.65. The Hall–Kier alpha value is -0.490. The molecule has 0 radical (unpaired) electrons. The number of morpholine rings is 1. The van der Waals surface area contributed by atoms with Crippen molar-refractivity contribution in [1.82, 2.24) is 4.90 Å². The first-order chi connectivity index (χ1) is 10.4. The molecule has 0 aromatic heterocycles. The van der Waals surface area contributed by atoms with Crippen LogP contribution in [0.1, 0.15) is 38.5 Å². The smallest absolute Gasteiger partial charge is 0.169 e.